The third-order valence-electron chi connectivity index (χ3n) is 15.3. The number of pyridine rings is 3. The van der Waals surface area contributed by atoms with Gasteiger partial charge < -0.3 is 41.1 Å². The molecule has 9 heterocycles. The van der Waals surface area contributed by atoms with Crippen LogP contribution in [0, 0.1) is 39.9 Å². The first-order valence-electron chi connectivity index (χ1n) is 29.1. The lowest BCUT2D eigenvalue weighted by molar-refractivity contribution is -0.138. The van der Waals surface area contributed by atoms with Crippen molar-refractivity contribution in [2.24, 2.45) is 5.92 Å². The number of alkyl halides is 9. The Labute approximate surface area is 528 Å². The number of unbranched alkanes of at least 4 members (excludes halogenated alkanes) is 1. The van der Waals surface area contributed by atoms with Crippen LogP contribution in [0.3, 0.4) is 0 Å². The quantitative estimate of drug-likeness (QED) is 0.0329. The number of rotatable bonds is 20. The fourth-order valence-electron chi connectivity index (χ4n) is 9.98. The number of ketones is 3. The number of fused-ring (bicyclic) bond motifs is 3. The second kappa shape index (κ2) is 29.0. The number of aromatic nitrogens is 12. The topological polar surface area (TPSA) is 363 Å². The van der Waals surface area contributed by atoms with Crippen LogP contribution in [-0.2, 0) is 32.9 Å². The van der Waals surface area contributed by atoms with E-state index in [1.807, 2.05) is 25.1 Å². The molecule has 1 fully saturated rings. The highest BCUT2D eigenvalue weighted by atomic mass is 19.4. The summed E-state index contributed by atoms with van der Waals surface area (Å²) in [5.74, 6) is -0.158. The van der Waals surface area contributed by atoms with Crippen molar-refractivity contribution < 1.29 is 64.1 Å². The number of anilines is 3. The molecule has 0 bridgehead atoms. The Morgan fingerprint density at radius 1 is 0.585 bits per heavy atom. The smallest absolute Gasteiger partial charge is 0.396 e. The molecule has 0 saturated heterocycles. The van der Waals surface area contributed by atoms with Gasteiger partial charge in [0.15, 0.2) is 17.3 Å². The molecule has 0 amide bonds. The Balaban J connectivity index is 0.000000181. The lowest BCUT2D eigenvalue weighted by Gasteiger charge is -2.25. The molecule has 23 nitrogen and oxygen atoms in total. The summed E-state index contributed by atoms with van der Waals surface area (Å²) in [4.78, 5) is 82.0. The summed E-state index contributed by atoms with van der Waals surface area (Å²) in [7, 11) is 0. The van der Waals surface area contributed by atoms with Gasteiger partial charge in [0.1, 0.15) is 35.1 Å². The second-order valence-corrected chi connectivity index (χ2v) is 22.4. The molecule has 94 heavy (non-hydrogen) atoms. The second-order valence-electron chi connectivity index (χ2n) is 22.4. The highest BCUT2D eigenvalue weighted by Crippen LogP contribution is 2.39. The fourth-order valence-corrected chi connectivity index (χ4v) is 9.98. The van der Waals surface area contributed by atoms with E-state index in [0.29, 0.717) is 19.3 Å². The van der Waals surface area contributed by atoms with Gasteiger partial charge in [0, 0.05) is 95.9 Å². The maximum Gasteiger partial charge on any atom is 0.417 e. The number of halogens is 9. The minimum absolute atomic E-state index is 0.0185. The highest BCUT2D eigenvalue weighted by molar-refractivity contribution is 5.97. The predicted molar refractivity (Wildman–Crippen MR) is 323 cm³/mol. The van der Waals surface area contributed by atoms with Crippen LogP contribution in [-0.4, -0.2) is 118 Å². The Bertz CT molecular complexity index is 4390. The molecule has 1 aliphatic carbocycles. The first kappa shape index (κ1) is 69.4. The zero-order valence-electron chi connectivity index (χ0n) is 50.7. The van der Waals surface area contributed by atoms with Crippen molar-refractivity contribution in [3.8, 4) is 52.0 Å². The van der Waals surface area contributed by atoms with Crippen molar-refractivity contribution in [1.29, 1.82) is 15.8 Å². The molecule has 32 heteroatoms. The number of H-pyrrole nitrogens is 3. The van der Waals surface area contributed by atoms with Gasteiger partial charge in [0.05, 0.1) is 92.8 Å². The number of nitriles is 3. The van der Waals surface area contributed by atoms with Gasteiger partial charge in [-0.3, -0.25) is 14.4 Å². The molecule has 9 aromatic heterocycles. The van der Waals surface area contributed by atoms with Crippen molar-refractivity contribution >= 4 is 68.3 Å². The number of hydrogen-bond acceptors (Lipinski definition) is 20. The average Bonchev–Trinajstić information content (AvgIpc) is 1.57. The molecule has 2 unspecified atom stereocenters. The maximum absolute atomic E-state index is 13.2. The molecule has 0 aliphatic heterocycles. The molecule has 8 N–H and O–H groups in total. The van der Waals surface area contributed by atoms with E-state index in [-0.39, 0.29) is 144 Å². The first-order valence-corrected chi connectivity index (χ1v) is 29.1. The summed E-state index contributed by atoms with van der Waals surface area (Å²) in [5.41, 5.74) is -1.68. The molecule has 4 atom stereocenters. The molecule has 1 saturated carbocycles. The van der Waals surface area contributed by atoms with Gasteiger partial charge in [-0.25, -0.2) is 44.9 Å². The minimum atomic E-state index is -4.57. The van der Waals surface area contributed by atoms with Gasteiger partial charge in [-0.05, 0) is 77.5 Å². The van der Waals surface area contributed by atoms with Crippen LogP contribution in [0.2, 0.25) is 0 Å². The standard InChI is InChI=1S/C22H21F3N6O2.C21H21F3N6O.C19H17F3N6O2/c1-11(18(33)5-12-3-2-4-17(12)32)30-21-29-8-13(7-26)19(31-21)16-10-28-20-15(16)6-14(9-27-20)22(23,24)25;1-4-5-6-16(31)20(2,3)30-19-28-9-12(8-25)17(29-19)15-11-27-18-14(15)7-13(10-26-18)21(22,23)24;1-10(15(30)3-2-4-29)27-18-26-7-11(6-23)16(28-18)14-9-25-17-13(14)5-12(8-24-17)19(20,21)22/h6,8-12,17,32H,2-5H2,1H3,(H,27,28)(H,29,30,31);7,9-11H,4-6H2,1-3H3,(H,26,27)(H,28,29,30);5,7-10,29H,2-4H2,1H3,(H,24,25)(H,26,27,28)/t11-,12?,17?;;10-/m1.1/s1. The van der Waals surface area contributed by atoms with Crippen molar-refractivity contribution in [3.05, 3.63) is 107 Å². The van der Waals surface area contributed by atoms with E-state index < -0.39 is 58.9 Å². The van der Waals surface area contributed by atoms with E-state index in [4.69, 9.17) is 5.11 Å². The van der Waals surface area contributed by atoms with Crippen molar-refractivity contribution in [3.63, 3.8) is 0 Å². The summed E-state index contributed by atoms with van der Waals surface area (Å²) in [5, 5.41) is 56.3. The monoisotopic (exact) mass is 1310 g/mol. The van der Waals surface area contributed by atoms with Crippen LogP contribution in [0.1, 0.15) is 126 Å². The SMILES string of the molecule is CCCCC(=O)C(C)(C)Nc1ncc(C#N)c(-c2c[nH]c3ncc(C(F)(F)F)cc23)n1.C[C@@H](Nc1ncc(C#N)c(-c2c[nH]c3ncc(C(F)(F)F)cc23)n1)C(=O)CC1CCCC1O.C[C@@H](Nc1ncc(C#N)c(-c2c[nH]c3ncc(C(F)(F)F)cc23)n1)C(=O)CCCO. The zero-order valence-corrected chi connectivity index (χ0v) is 50.7. The summed E-state index contributed by atoms with van der Waals surface area (Å²) in [6, 6.07) is 7.36. The number of Topliss-reactive ketones (excluding diaryl/α,β-unsaturated/α-hetero) is 3. The normalized spacial score (nSPS) is 14.8. The van der Waals surface area contributed by atoms with Gasteiger partial charge in [-0.15, -0.1) is 0 Å². The van der Waals surface area contributed by atoms with Crippen LogP contribution in [0.25, 0.3) is 66.9 Å². The lowest BCUT2D eigenvalue weighted by atomic mass is 9.95. The molecule has 0 spiro atoms. The number of carbonyl (C=O) groups excluding carboxylic acids is 3. The molecule has 0 radical (unpaired) electrons. The number of hydrogen-bond donors (Lipinski definition) is 8. The van der Waals surface area contributed by atoms with E-state index in [2.05, 4.69) is 75.8 Å². The summed E-state index contributed by atoms with van der Waals surface area (Å²) in [6.07, 6.45) is 1.20. The van der Waals surface area contributed by atoms with Gasteiger partial charge in [0.2, 0.25) is 17.8 Å². The first-order chi connectivity index (χ1) is 44.5. The van der Waals surface area contributed by atoms with Crippen molar-refractivity contribution in [2.75, 3.05) is 22.6 Å². The molecular weight excluding hydrogens is 1250 g/mol. The number of nitrogens with one attached hydrogen (secondary N) is 6. The molecule has 1 aliphatic rings. The zero-order chi connectivity index (χ0) is 68.5. The Kier molecular flexibility index (Phi) is 21.4. The van der Waals surface area contributed by atoms with Gasteiger partial charge >= 0.3 is 18.5 Å². The molecule has 9 aromatic rings. The van der Waals surface area contributed by atoms with Gasteiger partial charge in [-0.1, -0.05) is 19.8 Å². The van der Waals surface area contributed by atoms with Crippen molar-refractivity contribution in [2.45, 2.75) is 135 Å². The predicted octanol–water partition coefficient (Wildman–Crippen LogP) is 11.7. The van der Waals surface area contributed by atoms with Crippen LogP contribution in [0.4, 0.5) is 57.4 Å². The summed E-state index contributed by atoms with van der Waals surface area (Å²) in [6.45, 7) is 8.55. The minimum Gasteiger partial charge on any atom is -0.396 e. The van der Waals surface area contributed by atoms with Crippen molar-refractivity contribution in [1.82, 2.24) is 59.8 Å². The number of carbonyl (C=O) groups is 3. The van der Waals surface area contributed by atoms with Gasteiger partial charge in [-0.2, -0.15) is 55.3 Å². The van der Waals surface area contributed by atoms with Gasteiger partial charge in [0.25, 0.3) is 0 Å². The van der Waals surface area contributed by atoms with E-state index in [1.165, 1.54) is 37.2 Å². The summed E-state index contributed by atoms with van der Waals surface area (Å²) >= 11 is 0. The van der Waals surface area contributed by atoms with E-state index >= 15 is 0 Å². The number of nitrogens with zero attached hydrogens (tertiary/aromatic N) is 12. The van der Waals surface area contributed by atoms with Crippen LogP contribution < -0.4 is 16.0 Å². The van der Waals surface area contributed by atoms with Crippen LogP contribution >= 0.6 is 0 Å². The van der Waals surface area contributed by atoms with Crippen LogP contribution in [0.5, 0.6) is 0 Å². The number of aliphatic hydroxyl groups excluding tert-OH is 2. The Morgan fingerprint density at radius 2 is 0.979 bits per heavy atom. The average molecular weight is 1310 g/mol. The largest absolute Gasteiger partial charge is 0.417 e. The van der Waals surface area contributed by atoms with E-state index in [9.17, 15) is 74.8 Å². The van der Waals surface area contributed by atoms with E-state index in [0.717, 1.165) is 62.5 Å². The summed E-state index contributed by atoms with van der Waals surface area (Å²) < 4.78 is 118. The Hall–Kier alpha value is -10.5. The highest BCUT2D eigenvalue weighted by Gasteiger charge is 2.36. The lowest BCUT2D eigenvalue weighted by Crippen LogP contribution is -2.40. The third kappa shape index (κ3) is 16.4. The third-order valence-corrected chi connectivity index (χ3v) is 15.3. The molecule has 10 rings (SSSR count). The van der Waals surface area contributed by atoms with E-state index in [1.54, 1.807) is 27.7 Å². The Morgan fingerprint density at radius 3 is 1.34 bits per heavy atom. The molecule has 490 valence electrons. The number of aromatic amines is 3. The number of aliphatic hydroxyl groups is 2. The molecular formula is C62H59F9N18O5. The molecule has 0 aromatic carbocycles. The van der Waals surface area contributed by atoms with Crippen LogP contribution in [0.15, 0.2) is 74.0 Å². The fraction of sp³-hybridized carbons (Fsp3) is 0.371. The maximum atomic E-state index is 13.2.